The van der Waals surface area contributed by atoms with Gasteiger partial charge in [-0.1, -0.05) is 19.0 Å². The van der Waals surface area contributed by atoms with Gasteiger partial charge in [0.1, 0.15) is 0 Å². The first-order valence-electron chi connectivity index (χ1n) is 7.47. The van der Waals surface area contributed by atoms with Gasteiger partial charge < -0.3 is 9.63 Å². The highest BCUT2D eigenvalue weighted by Crippen LogP contribution is 2.46. The van der Waals surface area contributed by atoms with Gasteiger partial charge in [0.25, 0.3) is 0 Å². The van der Waals surface area contributed by atoms with Crippen molar-refractivity contribution in [3.05, 3.63) is 17.8 Å². The van der Waals surface area contributed by atoms with Crippen LogP contribution in [0, 0.1) is 18.3 Å². The molecule has 0 saturated heterocycles. The van der Waals surface area contributed by atoms with E-state index in [9.17, 15) is 0 Å². The maximum atomic E-state index is 8.97. The summed E-state index contributed by atoms with van der Waals surface area (Å²) in [6.45, 7) is 6.97. The summed E-state index contributed by atoms with van der Waals surface area (Å²) in [5.74, 6) is 2.05. The summed E-state index contributed by atoms with van der Waals surface area (Å²) in [7, 11) is 0. The zero-order chi connectivity index (χ0) is 15.0. The first-order chi connectivity index (χ1) is 9.99. The number of aryl methyl sites for hydroxylation is 1. The number of aliphatic hydroxyl groups excluding tert-OH is 1. The van der Waals surface area contributed by atoms with Gasteiger partial charge in [-0.15, -0.1) is 0 Å². The second-order valence-electron chi connectivity index (χ2n) is 6.57. The molecule has 0 amide bonds. The molecule has 6 heteroatoms. The number of hydrogen-bond donors (Lipinski definition) is 1. The molecule has 0 unspecified atom stereocenters. The van der Waals surface area contributed by atoms with Crippen LogP contribution in [0.1, 0.15) is 38.3 Å². The van der Waals surface area contributed by atoms with Crippen LogP contribution in [0.15, 0.2) is 10.7 Å². The highest BCUT2D eigenvalue weighted by Gasteiger charge is 2.39. The van der Waals surface area contributed by atoms with E-state index in [-0.39, 0.29) is 12.0 Å². The van der Waals surface area contributed by atoms with Crippen molar-refractivity contribution < 1.29 is 9.63 Å². The van der Waals surface area contributed by atoms with Crippen molar-refractivity contribution in [2.24, 2.45) is 11.3 Å². The van der Waals surface area contributed by atoms with Crippen molar-refractivity contribution in [1.29, 1.82) is 0 Å². The minimum Gasteiger partial charge on any atom is -0.394 e. The predicted octanol–water partition coefficient (Wildman–Crippen LogP) is 2.21. The molecule has 1 saturated carbocycles. The second-order valence-corrected chi connectivity index (χ2v) is 6.57. The fourth-order valence-corrected chi connectivity index (χ4v) is 2.79. The molecule has 3 rings (SSSR count). The Bertz CT molecular complexity index is 625. The van der Waals surface area contributed by atoms with Crippen molar-refractivity contribution in [2.75, 3.05) is 6.61 Å². The largest absolute Gasteiger partial charge is 0.394 e. The molecule has 2 aromatic rings. The van der Waals surface area contributed by atoms with Gasteiger partial charge in [-0.05, 0) is 31.1 Å². The van der Waals surface area contributed by atoms with E-state index in [1.165, 1.54) is 12.8 Å². The molecule has 0 atom stereocenters. The lowest BCUT2D eigenvalue weighted by atomic mass is 9.84. The van der Waals surface area contributed by atoms with Gasteiger partial charge >= 0.3 is 0 Å². The maximum Gasteiger partial charge on any atom is 0.227 e. The van der Waals surface area contributed by atoms with Crippen LogP contribution < -0.4 is 0 Å². The zero-order valence-corrected chi connectivity index (χ0v) is 12.8. The average molecular weight is 290 g/mol. The SMILES string of the molecule is Cc1nn(CCO)cc1-c1noc(CC(C)(C)C2CC2)n1. The van der Waals surface area contributed by atoms with E-state index in [1.54, 1.807) is 4.68 Å². The quantitative estimate of drug-likeness (QED) is 0.882. The number of rotatable bonds is 6. The Hall–Kier alpha value is -1.69. The maximum absolute atomic E-state index is 8.97. The molecule has 1 fully saturated rings. The third kappa shape index (κ3) is 3.00. The summed E-state index contributed by atoms with van der Waals surface area (Å²) in [5.41, 5.74) is 1.93. The van der Waals surface area contributed by atoms with Crippen molar-refractivity contribution in [2.45, 2.75) is 46.6 Å². The first-order valence-corrected chi connectivity index (χ1v) is 7.47. The molecular weight excluding hydrogens is 268 g/mol. The Morgan fingerprint density at radius 1 is 1.43 bits per heavy atom. The number of nitrogens with zero attached hydrogens (tertiary/aromatic N) is 4. The lowest BCUT2D eigenvalue weighted by Gasteiger charge is -2.21. The van der Waals surface area contributed by atoms with Crippen LogP contribution >= 0.6 is 0 Å². The molecule has 21 heavy (non-hydrogen) atoms. The van der Waals surface area contributed by atoms with Gasteiger partial charge in [0.2, 0.25) is 11.7 Å². The van der Waals surface area contributed by atoms with Crippen LogP contribution in [0.25, 0.3) is 11.4 Å². The molecule has 0 radical (unpaired) electrons. The van der Waals surface area contributed by atoms with E-state index in [0.29, 0.717) is 18.3 Å². The van der Waals surface area contributed by atoms with Gasteiger partial charge in [0, 0.05) is 12.6 Å². The number of hydrogen-bond acceptors (Lipinski definition) is 5. The second kappa shape index (κ2) is 5.26. The fourth-order valence-electron chi connectivity index (χ4n) is 2.79. The van der Waals surface area contributed by atoms with Gasteiger partial charge in [-0.2, -0.15) is 10.1 Å². The average Bonchev–Trinajstić information content (AvgIpc) is 3.10. The summed E-state index contributed by atoms with van der Waals surface area (Å²) in [5, 5.41) is 17.4. The van der Waals surface area contributed by atoms with Crippen LogP contribution in [-0.4, -0.2) is 31.6 Å². The Kier molecular flexibility index (Phi) is 3.57. The van der Waals surface area contributed by atoms with Crippen LogP contribution in [-0.2, 0) is 13.0 Å². The van der Waals surface area contributed by atoms with E-state index in [2.05, 4.69) is 29.1 Å². The van der Waals surface area contributed by atoms with Crippen LogP contribution in [0.3, 0.4) is 0 Å². The molecule has 1 aliphatic carbocycles. The highest BCUT2D eigenvalue weighted by atomic mass is 16.5. The van der Waals surface area contributed by atoms with E-state index in [4.69, 9.17) is 9.63 Å². The van der Waals surface area contributed by atoms with Crippen LogP contribution in [0.4, 0.5) is 0 Å². The molecule has 0 bridgehead atoms. The van der Waals surface area contributed by atoms with Crippen molar-refractivity contribution in [1.82, 2.24) is 19.9 Å². The topological polar surface area (TPSA) is 77.0 Å². The zero-order valence-electron chi connectivity index (χ0n) is 12.8. The molecule has 0 aliphatic heterocycles. The van der Waals surface area contributed by atoms with E-state index < -0.39 is 0 Å². The monoisotopic (exact) mass is 290 g/mol. The molecule has 2 heterocycles. The Morgan fingerprint density at radius 2 is 2.19 bits per heavy atom. The summed E-state index contributed by atoms with van der Waals surface area (Å²) in [4.78, 5) is 4.52. The summed E-state index contributed by atoms with van der Waals surface area (Å²) >= 11 is 0. The molecule has 1 N–H and O–H groups in total. The van der Waals surface area contributed by atoms with Gasteiger partial charge in [0.15, 0.2) is 0 Å². The predicted molar refractivity (Wildman–Crippen MR) is 77.6 cm³/mol. The normalized spacial score (nSPS) is 15.6. The Morgan fingerprint density at radius 3 is 2.86 bits per heavy atom. The standard InChI is InChI=1S/C15H22N4O2/c1-10-12(9-19(17-10)6-7-20)14-16-13(21-18-14)8-15(2,3)11-4-5-11/h9,11,20H,4-8H2,1-3H3. The lowest BCUT2D eigenvalue weighted by Crippen LogP contribution is -2.17. The minimum atomic E-state index is 0.0631. The summed E-state index contributed by atoms with van der Waals surface area (Å²) in [6, 6.07) is 0. The van der Waals surface area contributed by atoms with Gasteiger partial charge in [0.05, 0.1) is 24.4 Å². The van der Waals surface area contributed by atoms with E-state index in [0.717, 1.165) is 23.6 Å². The minimum absolute atomic E-state index is 0.0631. The molecule has 114 valence electrons. The van der Waals surface area contributed by atoms with Crippen molar-refractivity contribution >= 4 is 0 Å². The van der Waals surface area contributed by atoms with Gasteiger partial charge in [-0.25, -0.2) is 0 Å². The molecular formula is C15H22N4O2. The van der Waals surface area contributed by atoms with Crippen molar-refractivity contribution in [3.63, 3.8) is 0 Å². The van der Waals surface area contributed by atoms with Crippen LogP contribution in [0.2, 0.25) is 0 Å². The molecule has 0 aromatic carbocycles. The Balaban J connectivity index is 1.78. The summed E-state index contributed by atoms with van der Waals surface area (Å²) < 4.78 is 7.11. The number of aliphatic hydroxyl groups is 1. The van der Waals surface area contributed by atoms with E-state index >= 15 is 0 Å². The third-order valence-electron chi connectivity index (χ3n) is 4.27. The molecule has 6 nitrogen and oxygen atoms in total. The van der Waals surface area contributed by atoms with E-state index in [1.807, 2.05) is 13.1 Å². The van der Waals surface area contributed by atoms with Crippen LogP contribution in [0.5, 0.6) is 0 Å². The molecule has 1 aliphatic rings. The molecule has 0 spiro atoms. The smallest absolute Gasteiger partial charge is 0.227 e. The van der Waals surface area contributed by atoms with Gasteiger partial charge in [-0.3, -0.25) is 4.68 Å². The number of aromatic nitrogens is 4. The lowest BCUT2D eigenvalue weighted by molar-refractivity contribution is 0.260. The highest BCUT2D eigenvalue weighted by molar-refractivity contribution is 5.56. The van der Waals surface area contributed by atoms with Crippen molar-refractivity contribution in [3.8, 4) is 11.4 Å². The Labute approximate surface area is 124 Å². The summed E-state index contributed by atoms with van der Waals surface area (Å²) in [6.07, 6.45) is 5.28. The molecule has 2 aromatic heterocycles. The third-order valence-corrected chi connectivity index (χ3v) is 4.27. The first kappa shape index (κ1) is 14.3. The fraction of sp³-hybridized carbons (Fsp3) is 0.667.